The van der Waals surface area contributed by atoms with Gasteiger partial charge in [0.15, 0.2) is 0 Å². The molecule has 1 aliphatic heterocycles. The smallest absolute Gasteiger partial charge is 0.123 e. The quantitative estimate of drug-likeness (QED) is 0.732. The molecule has 3 heteroatoms. The zero-order valence-electron chi connectivity index (χ0n) is 13.9. The second-order valence-electron chi connectivity index (χ2n) is 6.18. The Morgan fingerprint density at radius 1 is 1.38 bits per heavy atom. The molecule has 2 atom stereocenters. The van der Waals surface area contributed by atoms with Crippen molar-refractivity contribution in [3.05, 3.63) is 23.3 Å². The lowest BCUT2D eigenvalue weighted by atomic mass is 10.1. The summed E-state index contributed by atoms with van der Waals surface area (Å²) >= 11 is 0. The van der Waals surface area contributed by atoms with Crippen molar-refractivity contribution in [3.63, 3.8) is 0 Å². The van der Waals surface area contributed by atoms with E-state index in [1.807, 2.05) is 0 Å². The Morgan fingerprint density at radius 3 is 2.90 bits per heavy atom. The summed E-state index contributed by atoms with van der Waals surface area (Å²) in [5, 5.41) is 3.60. The zero-order valence-corrected chi connectivity index (χ0v) is 13.9. The SMILES string of the molecule is CCCCCC(C)NCc1cc2c(cc1OC)CC(C)O2. The lowest BCUT2D eigenvalue weighted by molar-refractivity contribution is 0.254. The van der Waals surface area contributed by atoms with Crippen LogP contribution in [0.15, 0.2) is 12.1 Å². The molecule has 1 aromatic rings. The van der Waals surface area contributed by atoms with Gasteiger partial charge in [-0.15, -0.1) is 0 Å². The average molecular weight is 291 g/mol. The second kappa shape index (κ2) is 7.69. The van der Waals surface area contributed by atoms with Gasteiger partial charge in [-0.05, 0) is 32.4 Å². The van der Waals surface area contributed by atoms with Crippen LogP contribution >= 0.6 is 0 Å². The van der Waals surface area contributed by atoms with E-state index in [1.165, 1.54) is 36.8 Å². The van der Waals surface area contributed by atoms with E-state index in [0.717, 1.165) is 24.5 Å². The van der Waals surface area contributed by atoms with Crippen LogP contribution in [0, 0.1) is 0 Å². The van der Waals surface area contributed by atoms with Crippen molar-refractivity contribution in [3.8, 4) is 11.5 Å². The van der Waals surface area contributed by atoms with Gasteiger partial charge in [0.1, 0.15) is 17.6 Å². The van der Waals surface area contributed by atoms with Crippen LogP contribution in [0.1, 0.15) is 57.6 Å². The van der Waals surface area contributed by atoms with Crippen molar-refractivity contribution in [2.75, 3.05) is 7.11 Å². The Hall–Kier alpha value is -1.22. The van der Waals surface area contributed by atoms with Gasteiger partial charge in [-0.25, -0.2) is 0 Å². The first-order valence-electron chi connectivity index (χ1n) is 8.23. The maximum absolute atomic E-state index is 5.85. The van der Waals surface area contributed by atoms with Gasteiger partial charge in [0, 0.05) is 30.1 Å². The highest BCUT2D eigenvalue weighted by Crippen LogP contribution is 2.34. The molecule has 21 heavy (non-hydrogen) atoms. The predicted molar refractivity (Wildman–Crippen MR) is 87.2 cm³/mol. The third-order valence-electron chi connectivity index (χ3n) is 4.18. The third kappa shape index (κ3) is 4.37. The number of hydrogen-bond acceptors (Lipinski definition) is 3. The Balaban J connectivity index is 1.95. The van der Waals surface area contributed by atoms with Gasteiger partial charge in [0.25, 0.3) is 0 Å². The molecule has 0 radical (unpaired) electrons. The monoisotopic (exact) mass is 291 g/mol. The predicted octanol–water partition coefficient (Wildman–Crippen LogP) is 4.08. The molecule has 0 spiro atoms. The van der Waals surface area contributed by atoms with E-state index in [0.29, 0.717) is 6.04 Å². The number of fused-ring (bicyclic) bond motifs is 1. The number of nitrogens with one attached hydrogen (secondary N) is 1. The van der Waals surface area contributed by atoms with Gasteiger partial charge in [-0.3, -0.25) is 0 Å². The number of methoxy groups -OCH3 is 1. The van der Waals surface area contributed by atoms with E-state index in [2.05, 4.69) is 38.2 Å². The summed E-state index contributed by atoms with van der Waals surface area (Å²) in [6.45, 7) is 7.45. The molecular weight excluding hydrogens is 262 g/mol. The van der Waals surface area contributed by atoms with Crippen molar-refractivity contribution in [1.29, 1.82) is 0 Å². The highest BCUT2D eigenvalue weighted by atomic mass is 16.5. The molecular formula is C18H29NO2. The van der Waals surface area contributed by atoms with Gasteiger partial charge in [0.2, 0.25) is 0 Å². The Bertz CT molecular complexity index is 459. The molecule has 0 amide bonds. The summed E-state index contributed by atoms with van der Waals surface area (Å²) in [4.78, 5) is 0. The molecule has 0 aromatic heterocycles. The van der Waals surface area contributed by atoms with Crippen LogP contribution in [0.5, 0.6) is 11.5 Å². The molecule has 0 saturated heterocycles. The van der Waals surface area contributed by atoms with Crippen molar-refractivity contribution < 1.29 is 9.47 Å². The molecule has 1 N–H and O–H groups in total. The summed E-state index contributed by atoms with van der Waals surface area (Å²) in [6.07, 6.45) is 6.38. The average Bonchev–Trinajstić information content (AvgIpc) is 2.83. The Kier molecular flexibility index (Phi) is 5.92. The zero-order chi connectivity index (χ0) is 15.2. The molecule has 1 heterocycles. The number of hydrogen-bond donors (Lipinski definition) is 1. The summed E-state index contributed by atoms with van der Waals surface area (Å²) in [6, 6.07) is 4.82. The highest BCUT2D eigenvalue weighted by Gasteiger charge is 2.21. The first-order chi connectivity index (χ1) is 10.1. The first kappa shape index (κ1) is 16.2. The van der Waals surface area contributed by atoms with Crippen LogP contribution in [-0.4, -0.2) is 19.3 Å². The summed E-state index contributed by atoms with van der Waals surface area (Å²) in [7, 11) is 1.75. The molecule has 0 bridgehead atoms. The summed E-state index contributed by atoms with van der Waals surface area (Å²) in [5.41, 5.74) is 2.45. The fourth-order valence-corrected chi connectivity index (χ4v) is 2.90. The van der Waals surface area contributed by atoms with E-state index in [4.69, 9.17) is 9.47 Å². The topological polar surface area (TPSA) is 30.5 Å². The normalized spacial score (nSPS) is 18.2. The maximum Gasteiger partial charge on any atom is 0.123 e. The molecule has 2 rings (SSSR count). The van der Waals surface area contributed by atoms with Crippen molar-refractivity contribution >= 4 is 0 Å². The van der Waals surface area contributed by atoms with E-state index in [1.54, 1.807) is 7.11 Å². The standard InChI is InChI=1S/C18H29NO2/c1-5-6-7-8-13(2)19-12-16-11-18-15(9-14(3)21-18)10-17(16)20-4/h10-11,13-14,19H,5-9,12H2,1-4H3. The van der Waals surface area contributed by atoms with E-state index in [9.17, 15) is 0 Å². The fourth-order valence-electron chi connectivity index (χ4n) is 2.90. The number of unbranched alkanes of at least 4 members (excludes halogenated alkanes) is 2. The molecule has 118 valence electrons. The van der Waals surface area contributed by atoms with Gasteiger partial charge in [-0.2, -0.15) is 0 Å². The molecule has 3 nitrogen and oxygen atoms in total. The minimum Gasteiger partial charge on any atom is -0.496 e. The molecule has 0 fully saturated rings. The summed E-state index contributed by atoms with van der Waals surface area (Å²) in [5.74, 6) is 2.00. The van der Waals surface area contributed by atoms with Crippen molar-refractivity contribution in [2.45, 2.75) is 71.6 Å². The number of benzene rings is 1. The van der Waals surface area contributed by atoms with Crippen LogP contribution in [0.3, 0.4) is 0 Å². The van der Waals surface area contributed by atoms with Crippen LogP contribution in [-0.2, 0) is 13.0 Å². The van der Waals surface area contributed by atoms with Crippen LogP contribution in [0.25, 0.3) is 0 Å². The Morgan fingerprint density at radius 2 is 2.19 bits per heavy atom. The molecule has 2 unspecified atom stereocenters. The summed E-state index contributed by atoms with van der Waals surface area (Å²) < 4.78 is 11.4. The van der Waals surface area contributed by atoms with E-state index < -0.39 is 0 Å². The lowest BCUT2D eigenvalue weighted by Gasteiger charge is -2.16. The van der Waals surface area contributed by atoms with Crippen LogP contribution in [0.2, 0.25) is 0 Å². The highest BCUT2D eigenvalue weighted by molar-refractivity contribution is 5.48. The maximum atomic E-state index is 5.85. The minimum atomic E-state index is 0.279. The minimum absolute atomic E-state index is 0.279. The fraction of sp³-hybridized carbons (Fsp3) is 0.667. The van der Waals surface area contributed by atoms with E-state index in [-0.39, 0.29) is 6.10 Å². The molecule has 0 saturated carbocycles. The van der Waals surface area contributed by atoms with Gasteiger partial charge in [0.05, 0.1) is 7.11 Å². The second-order valence-corrected chi connectivity index (χ2v) is 6.18. The van der Waals surface area contributed by atoms with Crippen molar-refractivity contribution in [2.24, 2.45) is 0 Å². The number of ether oxygens (including phenoxy) is 2. The first-order valence-corrected chi connectivity index (χ1v) is 8.23. The Labute approximate surface area is 129 Å². The number of rotatable bonds is 8. The van der Waals surface area contributed by atoms with Gasteiger partial charge >= 0.3 is 0 Å². The third-order valence-corrected chi connectivity index (χ3v) is 4.18. The molecule has 0 aliphatic carbocycles. The van der Waals surface area contributed by atoms with Crippen LogP contribution in [0.4, 0.5) is 0 Å². The van der Waals surface area contributed by atoms with Gasteiger partial charge in [-0.1, -0.05) is 26.2 Å². The van der Waals surface area contributed by atoms with Gasteiger partial charge < -0.3 is 14.8 Å². The van der Waals surface area contributed by atoms with Crippen LogP contribution < -0.4 is 14.8 Å². The lowest BCUT2D eigenvalue weighted by Crippen LogP contribution is -2.25. The molecule has 1 aromatic carbocycles. The van der Waals surface area contributed by atoms with Crippen molar-refractivity contribution in [1.82, 2.24) is 5.32 Å². The largest absolute Gasteiger partial charge is 0.496 e. The molecule has 1 aliphatic rings. The van der Waals surface area contributed by atoms with E-state index >= 15 is 0 Å².